The zero-order valence-corrected chi connectivity index (χ0v) is 12.4. The number of fused-ring (bicyclic) bond motifs is 1. The van der Waals surface area contributed by atoms with Gasteiger partial charge in [0, 0.05) is 26.0 Å². The number of sulfonamides is 1. The molecule has 2 heterocycles. The highest BCUT2D eigenvalue weighted by atomic mass is 32.2. The van der Waals surface area contributed by atoms with Crippen molar-refractivity contribution in [1.29, 1.82) is 0 Å². The van der Waals surface area contributed by atoms with Crippen LogP contribution in [0.4, 0.5) is 17.1 Å². The van der Waals surface area contributed by atoms with Gasteiger partial charge in [0.25, 0.3) is 10.0 Å². The molecule has 7 heteroatoms. The van der Waals surface area contributed by atoms with Gasteiger partial charge in [0.2, 0.25) is 0 Å². The first-order valence-electron chi connectivity index (χ1n) is 6.54. The third-order valence-electron chi connectivity index (χ3n) is 3.58. The molecule has 0 spiro atoms. The van der Waals surface area contributed by atoms with Gasteiger partial charge in [-0.25, -0.2) is 8.42 Å². The summed E-state index contributed by atoms with van der Waals surface area (Å²) in [7, 11) is -1.76. The summed E-state index contributed by atoms with van der Waals surface area (Å²) in [5.41, 5.74) is 7.56. The number of pyridine rings is 1. The fraction of sp³-hybridized carbons (Fsp3) is 0.214. The zero-order valence-electron chi connectivity index (χ0n) is 11.6. The fourth-order valence-corrected chi connectivity index (χ4v) is 3.99. The Hall–Kier alpha value is -2.28. The molecule has 0 radical (unpaired) electrons. The van der Waals surface area contributed by atoms with E-state index in [1.807, 2.05) is 30.1 Å². The first kappa shape index (κ1) is 13.7. The third-order valence-corrected chi connectivity index (χ3v) is 5.44. The van der Waals surface area contributed by atoms with Gasteiger partial charge in [-0.3, -0.25) is 9.29 Å². The Morgan fingerprint density at radius 3 is 2.57 bits per heavy atom. The van der Waals surface area contributed by atoms with E-state index < -0.39 is 10.0 Å². The Labute approximate surface area is 123 Å². The fourth-order valence-electron chi connectivity index (χ4n) is 2.45. The van der Waals surface area contributed by atoms with Crippen molar-refractivity contribution in [2.75, 3.05) is 35.1 Å². The van der Waals surface area contributed by atoms with Crippen molar-refractivity contribution >= 4 is 27.1 Å². The van der Waals surface area contributed by atoms with Crippen molar-refractivity contribution in [2.45, 2.75) is 4.90 Å². The number of para-hydroxylation sites is 2. The predicted molar refractivity (Wildman–Crippen MR) is 82.9 cm³/mol. The second-order valence-electron chi connectivity index (χ2n) is 4.90. The summed E-state index contributed by atoms with van der Waals surface area (Å²) >= 11 is 0. The highest BCUT2D eigenvalue weighted by molar-refractivity contribution is 7.93. The molecular weight excluding hydrogens is 288 g/mol. The molecule has 2 N–H and O–H groups in total. The SMILES string of the molecule is CN1CCN(S(=O)(=O)c2cnccc2N)c2ccccc21. The number of likely N-dealkylation sites (N-methyl/N-ethyl adjacent to an activating group) is 1. The van der Waals surface area contributed by atoms with Gasteiger partial charge in [-0.2, -0.15) is 0 Å². The van der Waals surface area contributed by atoms with E-state index in [-0.39, 0.29) is 10.6 Å². The van der Waals surface area contributed by atoms with Crippen LogP contribution in [0.2, 0.25) is 0 Å². The predicted octanol–water partition coefficient (Wildman–Crippen LogP) is 1.31. The van der Waals surface area contributed by atoms with Crippen LogP contribution < -0.4 is 14.9 Å². The van der Waals surface area contributed by atoms with Crippen LogP contribution >= 0.6 is 0 Å². The minimum atomic E-state index is -3.71. The smallest absolute Gasteiger partial charge is 0.268 e. The summed E-state index contributed by atoms with van der Waals surface area (Å²) in [6.07, 6.45) is 2.78. The molecular formula is C14H16N4O2S. The van der Waals surface area contributed by atoms with Crippen LogP contribution in [0.1, 0.15) is 0 Å². The maximum absolute atomic E-state index is 12.9. The Morgan fingerprint density at radius 2 is 1.86 bits per heavy atom. The largest absolute Gasteiger partial charge is 0.398 e. The minimum absolute atomic E-state index is 0.0457. The third kappa shape index (κ3) is 2.19. The standard InChI is InChI=1S/C14H16N4O2S/c1-17-8-9-18(13-5-3-2-4-12(13)17)21(19,20)14-10-16-7-6-11(14)15/h2-7,10H,8-9H2,1H3,(H2,15,16). The molecule has 110 valence electrons. The Balaban J connectivity index is 2.14. The van der Waals surface area contributed by atoms with E-state index in [0.717, 1.165) is 5.69 Å². The number of nitrogens with zero attached hydrogens (tertiary/aromatic N) is 3. The number of aromatic nitrogens is 1. The molecule has 2 aromatic rings. The lowest BCUT2D eigenvalue weighted by atomic mass is 10.2. The van der Waals surface area contributed by atoms with Crippen molar-refractivity contribution in [3.05, 3.63) is 42.7 Å². The van der Waals surface area contributed by atoms with Gasteiger partial charge in [-0.15, -0.1) is 0 Å². The normalized spacial score (nSPS) is 14.9. The van der Waals surface area contributed by atoms with E-state index in [4.69, 9.17) is 5.73 Å². The van der Waals surface area contributed by atoms with E-state index in [2.05, 4.69) is 4.98 Å². The molecule has 0 unspecified atom stereocenters. The van der Waals surface area contributed by atoms with Crippen molar-refractivity contribution < 1.29 is 8.42 Å². The van der Waals surface area contributed by atoms with Crippen LogP contribution in [-0.4, -0.2) is 33.5 Å². The molecule has 0 amide bonds. The van der Waals surface area contributed by atoms with Gasteiger partial charge in [0.1, 0.15) is 4.90 Å². The summed E-state index contributed by atoms with van der Waals surface area (Å²) in [5, 5.41) is 0. The van der Waals surface area contributed by atoms with Crippen LogP contribution in [0.15, 0.2) is 47.6 Å². The number of nitrogen functional groups attached to an aromatic ring is 1. The first-order chi connectivity index (χ1) is 10.0. The molecule has 1 aromatic carbocycles. The molecule has 0 atom stereocenters. The Kier molecular flexibility index (Phi) is 3.21. The number of hydrogen-bond donors (Lipinski definition) is 1. The highest BCUT2D eigenvalue weighted by Crippen LogP contribution is 2.36. The minimum Gasteiger partial charge on any atom is -0.398 e. The first-order valence-corrected chi connectivity index (χ1v) is 7.98. The zero-order chi connectivity index (χ0) is 15.0. The van der Waals surface area contributed by atoms with Crippen LogP contribution in [0, 0.1) is 0 Å². The van der Waals surface area contributed by atoms with Crippen LogP contribution in [0.25, 0.3) is 0 Å². The van der Waals surface area contributed by atoms with Gasteiger partial charge in [0.15, 0.2) is 0 Å². The number of rotatable bonds is 2. The molecule has 3 rings (SSSR count). The summed E-state index contributed by atoms with van der Waals surface area (Å²) in [5.74, 6) is 0. The molecule has 1 aromatic heterocycles. The molecule has 0 bridgehead atoms. The Morgan fingerprint density at radius 1 is 1.14 bits per heavy atom. The maximum atomic E-state index is 12.9. The van der Waals surface area contributed by atoms with E-state index in [1.165, 1.54) is 22.8 Å². The molecule has 0 saturated carbocycles. The molecule has 0 fully saturated rings. The van der Waals surface area contributed by atoms with E-state index in [9.17, 15) is 8.42 Å². The van der Waals surface area contributed by atoms with E-state index in [0.29, 0.717) is 18.8 Å². The molecule has 0 saturated heterocycles. The second-order valence-corrected chi connectivity index (χ2v) is 6.73. The summed E-state index contributed by atoms with van der Waals surface area (Å²) in [4.78, 5) is 5.96. The highest BCUT2D eigenvalue weighted by Gasteiger charge is 2.32. The van der Waals surface area contributed by atoms with E-state index in [1.54, 1.807) is 6.07 Å². The lowest BCUT2D eigenvalue weighted by Gasteiger charge is -2.36. The quantitative estimate of drug-likeness (QED) is 0.905. The van der Waals surface area contributed by atoms with E-state index >= 15 is 0 Å². The lowest BCUT2D eigenvalue weighted by Crippen LogP contribution is -2.42. The van der Waals surface area contributed by atoms with Crippen LogP contribution in [-0.2, 0) is 10.0 Å². The lowest BCUT2D eigenvalue weighted by molar-refractivity contribution is 0.589. The number of anilines is 3. The average Bonchev–Trinajstić information content (AvgIpc) is 2.48. The molecule has 0 aliphatic carbocycles. The van der Waals surface area contributed by atoms with Gasteiger partial charge >= 0.3 is 0 Å². The van der Waals surface area contributed by atoms with Gasteiger partial charge in [-0.05, 0) is 18.2 Å². The van der Waals surface area contributed by atoms with Gasteiger partial charge in [0.05, 0.1) is 23.6 Å². The summed E-state index contributed by atoms with van der Waals surface area (Å²) < 4.78 is 27.1. The molecule has 21 heavy (non-hydrogen) atoms. The van der Waals surface area contributed by atoms with Crippen molar-refractivity contribution in [3.8, 4) is 0 Å². The topological polar surface area (TPSA) is 79.5 Å². The number of benzene rings is 1. The monoisotopic (exact) mass is 304 g/mol. The summed E-state index contributed by atoms with van der Waals surface area (Å²) in [6, 6.07) is 8.92. The van der Waals surface area contributed by atoms with Gasteiger partial charge in [-0.1, -0.05) is 12.1 Å². The molecule has 1 aliphatic rings. The number of nitrogens with two attached hydrogens (primary N) is 1. The van der Waals surface area contributed by atoms with Gasteiger partial charge < -0.3 is 10.6 Å². The molecule has 6 nitrogen and oxygen atoms in total. The van der Waals surface area contributed by atoms with Crippen molar-refractivity contribution in [2.24, 2.45) is 0 Å². The van der Waals surface area contributed by atoms with Crippen LogP contribution in [0.3, 0.4) is 0 Å². The number of hydrogen-bond acceptors (Lipinski definition) is 5. The summed E-state index contributed by atoms with van der Waals surface area (Å²) in [6.45, 7) is 1.00. The van der Waals surface area contributed by atoms with Crippen molar-refractivity contribution in [1.82, 2.24) is 4.98 Å². The molecule has 1 aliphatic heterocycles. The Bertz CT molecular complexity index is 776. The van der Waals surface area contributed by atoms with Crippen molar-refractivity contribution in [3.63, 3.8) is 0 Å². The van der Waals surface area contributed by atoms with Crippen LogP contribution in [0.5, 0.6) is 0 Å². The maximum Gasteiger partial charge on any atom is 0.268 e. The average molecular weight is 304 g/mol. The second kappa shape index (κ2) is 4.92.